The zero-order valence-electron chi connectivity index (χ0n) is 12.0. The summed E-state index contributed by atoms with van der Waals surface area (Å²) in [6.45, 7) is 5.22. The minimum atomic E-state index is -0.125. The van der Waals surface area contributed by atoms with Gasteiger partial charge in [-0.3, -0.25) is 0 Å². The van der Waals surface area contributed by atoms with E-state index in [2.05, 4.69) is 47.3 Å². The zero-order chi connectivity index (χ0) is 14.0. The first-order valence-corrected chi connectivity index (χ1v) is 7.13. The molecule has 2 heterocycles. The van der Waals surface area contributed by atoms with Crippen LogP contribution in [0, 0.1) is 0 Å². The Morgan fingerprint density at radius 3 is 3.05 bits per heavy atom. The van der Waals surface area contributed by atoms with Gasteiger partial charge in [0.05, 0.1) is 6.33 Å². The monoisotopic (exact) mass is 271 g/mol. The molecular formula is C16H21N3O. The van der Waals surface area contributed by atoms with E-state index in [0.717, 1.165) is 30.8 Å². The van der Waals surface area contributed by atoms with Crippen molar-refractivity contribution < 1.29 is 4.74 Å². The van der Waals surface area contributed by atoms with Crippen LogP contribution in [0.1, 0.15) is 37.6 Å². The summed E-state index contributed by atoms with van der Waals surface area (Å²) in [5, 5.41) is 3.64. The molecule has 1 aromatic carbocycles. The number of hydrogen-bond acceptors (Lipinski definition) is 3. The Morgan fingerprint density at radius 1 is 1.40 bits per heavy atom. The van der Waals surface area contributed by atoms with E-state index >= 15 is 0 Å². The Hall–Kier alpha value is -1.81. The molecular weight excluding hydrogens is 250 g/mol. The van der Waals surface area contributed by atoms with Crippen molar-refractivity contribution >= 4 is 0 Å². The number of aromatic amines is 1. The molecule has 0 spiro atoms. The highest BCUT2D eigenvalue weighted by Crippen LogP contribution is 2.39. The Bertz CT molecular complexity index is 563. The van der Waals surface area contributed by atoms with E-state index in [1.54, 1.807) is 6.33 Å². The van der Waals surface area contributed by atoms with Crippen molar-refractivity contribution in [2.75, 3.05) is 6.54 Å². The van der Waals surface area contributed by atoms with Crippen molar-refractivity contribution in [1.82, 2.24) is 15.3 Å². The maximum Gasteiger partial charge on any atom is 0.124 e. The fourth-order valence-corrected chi connectivity index (χ4v) is 2.79. The molecule has 1 atom stereocenters. The molecule has 20 heavy (non-hydrogen) atoms. The second-order valence-electron chi connectivity index (χ2n) is 5.94. The number of fused-ring (bicyclic) bond motifs is 1. The van der Waals surface area contributed by atoms with Gasteiger partial charge in [-0.1, -0.05) is 18.2 Å². The SMILES string of the molecule is CC1(C)CC(NCCc2cnc[nH]2)c2ccccc2O1. The van der Waals surface area contributed by atoms with E-state index in [1.165, 1.54) is 5.56 Å². The highest BCUT2D eigenvalue weighted by Gasteiger charge is 2.32. The number of benzene rings is 1. The van der Waals surface area contributed by atoms with Crippen LogP contribution in [-0.4, -0.2) is 22.1 Å². The molecule has 0 saturated carbocycles. The second-order valence-corrected chi connectivity index (χ2v) is 5.94. The Balaban J connectivity index is 1.69. The fourth-order valence-electron chi connectivity index (χ4n) is 2.79. The molecule has 4 heteroatoms. The lowest BCUT2D eigenvalue weighted by Crippen LogP contribution is -2.40. The van der Waals surface area contributed by atoms with E-state index in [-0.39, 0.29) is 5.60 Å². The minimum absolute atomic E-state index is 0.125. The summed E-state index contributed by atoms with van der Waals surface area (Å²) in [6.07, 6.45) is 5.54. The van der Waals surface area contributed by atoms with Gasteiger partial charge in [0.1, 0.15) is 11.4 Å². The number of imidazole rings is 1. The van der Waals surface area contributed by atoms with Crippen LogP contribution in [0.3, 0.4) is 0 Å². The third kappa shape index (κ3) is 2.85. The van der Waals surface area contributed by atoms with Crippen molar-refractivity contribution in [2.24, 2.45) is 0 Å². The topological polar surface area (TPSA) is 49.9 Å². The van der Waals surface area contributed by atoms with Gasteiger partial charge in [-0.25, -0.2) is 4.98 Å². The number of nitrogens with zero attached hydrogens (tertiary/aromatic N) is 1. The summed E-state index contributed by atoms with van der Waals surface area (Å²) in [7, 11) is 0. The smallest absolute Gasteiger partial charge is 0.124 e. The average Bonchev–Trinajstić information content (AvgIpc) is 2.90. The lowest BCUT2D eigenvalue weighted by atomic mass is 9.89. The lowest BCUT2D eigenvalue weighted by molar-refractivity contribution is 0.0662. The van der Waals surface area contributed by atoms with E-state index in [1.807, 2.05) is 12.3 Å². The molecule has 3 rings (SSSR count). The number of rotatable bonds is 4. The van der Waals surface area contributed by atoms with Crippen LogP contribution in [0.15, 0.2) is 36.8 Å². The van der Waals surface area contributed by atoms with Crippen LogP contribution in [0.2, 0.25) is 0 Å². The van der Waals surface area contributed by atoms with Gasteiger partial charge in [0.15, 0.2) is 0 Å². The summed E-state index contributed by atoms with van der Waals surface area (Å²) >= 11 is 0. The minimum Gasteiger partial charge on any atom is -0.487 e. The first kappa shape index (κ1) is 13.2. The molecule has 1 aliphatic rings. The van der Waals surface area contributed by atoms with Crippen LogP contribution >= 0.6 is 0 Å². The van der Waals surface area contributed by atoms with E-state index < -0.39 is 0 Å². The first-order valence-electron chi connectivity index (χ1n) is 7.13. The zero-order valence-corrected chi connectivity index (χ0v) is 12.0. The molecule has 0 fully saturated rings. The van der Waals surface area contributed by atoms with Crippen LogP contribution < -0.4 is 10.1 Å². The molecule has 0 aliphatic carbocycles. The third-order valence-electron chi connectivity index (χ3n) is 3.72. The van der Waals surface area contributed by atoms with Crippen LogP contribution in [0.5, 0.6) is 5.75 Å². The second kappa shape index (κ2) is 5.29. The van der Waals surface area contributed by atoms with Crippen LogP contribution in [-0.2, 0) is 6.42 Å². The molecule has 1 aromatic heterocycles. The molecule has 0 radical (unpaired) electrons. The highest BCUT2D eigenvalue weighted by molar-refractivity contribution is 5.38. The molecule has 0 amide bonds. The molecule has 1 aliphatic heterocycles. The lowest BCUT2D eigenvalue weighted by Gasteiger charge is -2.38. The molecule has 0 bridgehead atoms. The van der Waals surface area contributed by atoms with Gasteiger partial charge in [-0.2, -0.15) is 0 Å². The quantitative estimate of drug-likeness (QED) is 0.899. The van der Waals surface area contributed by atoms with E-state index in [0.29, 0.717) is 6.04 Å². The molecule has 1 unspecified atom stereocenters. The third-order valence-corrected chi connectivity index (χ3v) is 3.72. The molecule has 2 aromatic rings. The largest absolute Gasteiger partial charge is 0.487 e. The van der Waals surface area contributed by atoms with Gasteiger partial charge in [0, 0.05) is 42.9 Å². The predicted octanol–water partition coefficient (Wildman–Crippen LogP) is 2.84. The summed E-state index contributed by atoms with van der Waals surface area (Å²) in [6, 6.07) is 8.66. The number of hydrogen-bond donors (Lipinski definition) is 2. The fraction of sp³-hybridized carbons (Fsp3) is 0.438. The van der Waals surface area contributed by atoms with Crippen LogP contribution in [0.25, 0.3) is 0 Å². The van der Waals surface area contributed by atoms with Crippen molar-refractivity contribution in [1.29, 1.82) is 0 Å². The molecule has 106 valence electrons. The van der Waals surface area contributed by atoms with Crippen molar-refractivity contribution in [2.45, 2.75) is 38.3 Å². The van der Waals surface area contributed by atoms with Gasteiger partial charge < -0.3 is 15.0 Å². The summed E-state index contributed by atoms with van der Waals surface area (Å²) < 4.78 is 6.05. The van der Waals surface area contributed by atoms with Gasteiger partial charge in [-0.05, 0) is 19.9 Å². The maximum absolute atomic E-state index is 6.05. The maximum atomic E-state index is 6.05. The highest BCUT2D eigenvalue weighted by atomic mass is 16.5. The van der Waals surface area contributed by atoms with Gasteiger partial charge in [0.2, 0.25) is 0 Å². The predicted molar refractivity (Wildman–Crippen MR) is 78.8 cm³/mol. The summed E-state index contributed by atoms with van der Waals surface area (Å²) in [4.78, 5) is 7.18. The number of ether oxygens (including phenoxy) is 1. The first-order chi connectivity index (χ1) is 9.64. The Labute approximate surface area is 119 Å². The number of aromatic nitrogens is 2. The van der Waals surface area contributed by atoms with E-state index in [9.17, 15) is 0 Å². The van der Waals surface area contributed by atoms with E-state index in [4.69, 9.17) is 4.74 Å². The van der Waals surface area contributed by atoms with Crippen LogP contribution in [0.4, 0.5) is 0 Å². The Morgan fingerprint density at radius 2 is 2.25 bits per heavy atom. The van der Waals surface area contributed by atoms with Gasteiger partial charge >= 0.3 is 0 Å². The average molecular weight is 271 g/mol. The summed E-state index contributed by atoms with van der Waals surface area (Å²) in [5.74, 6) is 1.00. The van der Waals surface area contributed by atoms with Crippen molar-refractivity contribution in [3.63, 3.8) is 0 Å². The molecule has 0 saturated heterocycles. The van der Waals surface area contributed by atoms with Gasteiger partial charge in [0.25, 0.3) is 0 Å². The molecule has 2 N–H and O–H groups in total. The van der Waals surface area contributed by atoms with Crippen molar-refractivity contribution in [3.05, 3.63) is 48.0 Å². The Kier molecular flexibility index (Phi) is 3.49. The van der Waals surface area contributed by atoms with Crippen molar-refractivity contribution in [3.8, 4) is 5.75 Å². The normalized spacial score (nSPS) is 20.2. The number of H-pyrrole nitrogens is 1. The number of para-hydroxylation sites is 1. The standard InChI is InChI=1S/C16H21N3O/c1-16(2)9-14(13-5-3-4-6-15(13)20-16)18-8-7-12-10-17-11-19-12/h3-6,10-11,14,18H,7-9H2,1-2H3,(H,17,19). The number of nitrogens with one attached hydrogen (secondary N) is 2. The van der Waals surface area contributed by atoms with Gasteiger partial charge in [-0.15, -0.1) is 0 Å². The molecule has 4 nitrogen and oxygen atoms in total. The summed E-state index contributed by atoms with van der Waals surface area (Å²) in [5.41, 5.74) is 2.30.